The Morgan fingerprint density at radius 2 is 1.82 bits per heavy atom. The molecule has 3 heterocycles. The number of aromatic nitrogens is 3. The smallest absolute Gasteiger partial charge is 0.494 e. The summed E-state index contributed by atoms with van der Waals surface area (Å²) in [5.41, 5.74) is 1.28. The first-order chi connectivity index (χ1) is 23.2. The van der Waals surface area contributed by atoms with Crippen molar-refractivity contribution in [1.29, 1.82) is 0 Å². The molecular formula is C33H31F4N5O7. The molecule has 0 radical (unpaired) electrons. The fraction of sp³-hybridized carbons (Fsp3) is 0.394. The van der Waals surface area contributed by atoms with E-state index in [1.165, 1.54) is 54.4 Å². The number of fused-ring (bicyclic) bond motifs is 2. The maximum Gasteiger partial charge on any atom is 0.586 e. The van der Waals surface area contributed by atoms with Crippen molar-refractivity contribution < 1.29 is 51.2 Å². The Hall–Kier alpha value is -5.12. The van der Waals surface area contributed by atoms with Crippen molar-refractivity contribution in [3.05, 3.63) is 59.4 Å². The van der Waals surface area contributed by atoms with Gasteiger partial charge in [-0.05, 0) is 56.2 Å². The van der Waals surface area contributed by atoms with Gasteiger partial charge in [0.25, 0.3) is 5.91 Å². The number of hydrogen-bond acceptors (Lipinski definition) is 9. The highest BCUT2D eigenvalue weighted by molar-refractivity contribution is 6.00. The predicted octanol–water partition coefficient (Wildman–Crippen LogP) is 4.39. The van der Waals surface area contributed by atoms with Crippen molar-refractivity contribution in [1.82, 2.24) is 20.1 Å². The molecule has 2 saturated carbocycles. The summed E-state index contributed by atoms with van der Waals surface area (Å²) in [7, 11) is 1.38. The molecule has 2 aromatic heterocycles. The van der Waals surface area contributed by atoms with Gasteiger partial charge >= 0.3 is 6.29 Å². The highest BCUT2D eigenvalue weighted by Crippen LogP contribution is 2.54. The Morgan fingerprint density at radius 1 is 1.08 bits per heavy atom. The number of carbonyl (C=O) groups is 2. The molecule has 49 heavy (non-hydrogen) atoms. The molecule has 3 aliphatic rings. The molecule has 0 saturated heterocycles. The molecule has 2 amide bonds. The number of carbonyl (C=O) groups excluding carboxylic acids is 2. The van der Waals surface area contributed by atoms with E-state index in [0.29, 0.717) is 23.7 Å². The van der Waals surface area contributed by atoms with Crippen molar-refractivity contribution in [2.45, 2.75) is 62.4 Å². The average molecular weight is 686 g/mol. The highest BCUT2D eigenvalue weighted by atomic mass is 19.3. The summed E-state index contributed by atoms with van der Waals surface area (Å²) in [4.78, 5) is 30.2. The van der Waals surface area contributed by atoms with Crippen LogP contribution in [-0.4, -0.2) is 63.9 Å². The number of primary amides is 1. The molecule has 0 unspecified atom stereocenters. The number of hydrogen-bond donors (Lipinski definition) is 3. The molecule has 4 N–H and O–H groups in total. The Labute approximate surface area is 276 Å². The molecule has 4 aromatic rings. The zero-order chi connectivity index (χ0) is 34.9. The number of halogens is 4. The number of pyridine rings is 1. The van der Waals surface area contributed by atoms with Crippen LogP contribution in [0, 0.1) is 0 Å². The van der Waals surface area contributed by atoms with Crippen molar-refractivity contribution in [2.24, 2.45) is 5.73 Å². The average Bonchev–Trinajstić information content (AvgIpc) is 3.91. The van der Waals surface area contributed by atoms with Gasteiger partial charge in [0.1, 0.15) is 28.4 Å². The minimum atomic E-state index is -3.90. The third kappa shape index (κ3) is 5.72. The Kier molecular flexibility index (Phi) is 7.42. The number of ether oxygens (including phenoxy) is 4. The Balaban J connectivity index is 1.27. The summed E-state index contributed by atoms with van der Waals surface area (Å²) in [5, 5.41) is 19.4. The van der Waals surface area contributed by atoms with Crippen LogP contribution in [0.4, 0.5) is 17.6 Å². The summed E-state index contributed by atoms with van der Waals surface area (Å²) < 4.78 is 80.1. The number of nitrogens with two attached hydrogens (primary N) is 1. The Morgan fingerprint density at radius 3 is 2.47 bits per heavy atom. The van der Waals surface area contributed by atoms with E-state index in [2.05, 4.69) is 24.9 Å². The number of benzene rings is 2. The van der Waals surface area contributed by atoms with Gasteiger partial charge in [-0.1, -0.05) is 0 Å². The van der Waals surface area contributed by atoms with Crippen LogP contribution in [0.1, 0.15) is 54.2 Å². The van der Waals surface area contributed by atoms with Crippen molar-refractivity contribution in [2.75, 3.05) is 20.3 Å². The molecular weight excluding hydrogens is 654 g/mol. The van der Waals surface area contributed by atoms with E-state index in [-0.39, 0.29) is 70.5 Å². The SMILES string of the molecule is CCOc1c(CC(N)=O)cc([C@@](O)(CNC(=O)c2cc(OC)c3nn(C4(F)CC4)cc3c2)C2(F)CC2)nc1-c1ccc2c(c1)OC(F)(F)O2. The minimum absolute atomic E-state index is 0.0280. The second-order valence-electron chi connectivity index (χ2n) is 12.4. The summed E-state index contributed by atoms with van der Waals surface area (Å²) in [6.45, 7) is 1.09. The summed E-state index contributed by atoms with van der Waals surface area (Å²) in [5.74, 6) is -3.37. The van der Waals surface area contributed by atoms with Crippen LogP contribution in [0.25, 0.3) is 22.2 Å². The lowest BCUT2D eigenvalue weighted by Gasteiger charge is -2.33. The van der Waals surface area contributed by atoms with Gasteiger partial charge in [-0.3, -0.25) is 9.59 Å². The molecule has 258 valence electrons. The quantitative estimate of drug-likeness (QED) is 0.184. The number of amides is 2. The van der Waals surface area contributed by atoms with Gasteiger partial charge in [0.05, 0.1) is 32.4 Å². The van der Waals surface area contributed by atoms with Gasteiger partial charge in [0.2, 0.25) is 11.7 Å². The molecule has 0 bridgehead atoms. The van der Waals surface area contributed by atoms with E-state index in [4.69, 9.17) is 15.2 Å². The molecule has 7 rings (SSSR count). The second-order valence-corrected chi connectivity index (χ2v) is 12.4. The lowest BCUT2D eigenvalue weighted by atomic mass is 9.88. The van der Waals surface area contributed by atoms with Gasteiger partial charge in [-0.25, -0.2) is 18.4 Å². The number of nitrogens with zero attached hydrogens (tertiary/aromatic N) is 3. The first-order valence-corrected chi connectivity index (χ1v) is 15.5. The molecule has 1 atom stereocenters. The maximum atomic E-state index is 16.2. The molecule has 1 aliphatic heterocycles. The Bertz CT molecular complexity index is 2010. The van der Waals surface area contributed by atoms with Crippen LogP contribution in [0.15, 0.2) is 42.6 Å². The zero-order valence-electron chi connectivity index (χ0n) is 26.3. The predicted molar refractivity (Wildman–Crippen MR) is 164 cm³/mol. The van der Waals surface area contributed by atoms with Crippen LogP contribution < -0.4 is 30.0 Å². The van der Waals surface area contributed by atoms with Gasteiger partial charge in [-0.2, -0.15) is 5.10 Å². The molecule has 12 nitrogen and oxygen atoms in total. The normalized spacial score (nSPS) is 18.8. The number of rotatable bonds is 12. The molecule has 2 fully saturated rings. The third-order valence-electron chi connectivity index (χ3n) is 8.87. The lowest BCUT2D eigenvalue weighted by Crippen LogP contribution is -2.49. The van der Waals surface area contributed by atoms with Crippen LogP contribution in [0.2, 0.25) is 0 Å². The molecule has 16 heteroatoms. The van der Waals surface area contributed by atoms with E-state index in [9.17, 15) is 27.9 Å². The number of nitrogens with one attached hydrogen (secondary N) is 1. The van der Waals surface area contributed by atoms with E-state index in [1.807, 2.05) is 0 Å². The fourth-order valence-electron chi connectivity index (χ4n) is 5.95. The summed E-state index contributed by atoms with van der Waals surface area (Å²) in [6.07, 6.45) is -2.35. The highest BCUT2D eigenvalue weighted by Gasteiger charge is 2.62. The van der Waals surface area contributed by atoms with Crippen molar-refractivity contribution in [3.63, 3.8) is 0 Å². The van der Waals surface area contributed by atoms with E-state index in [1.54, 1.807) is 6.92 Å². The first-order valence-electron chi connectivity index (χ1n) is 15.5. The van der Waals surface area contributed by atoms with Crippen molar-refractivity contribution >= 4 is 22.7 Å². The topological polar surface area (TPSA) is 160 Å². The largest absolute Gasteiger partial charge is 0.586 e. The number of methoxy groups -OCH3 is 1. The molecule has 0 spiro atoms. The van der Waals surface area contributed by atoms with Gasteiger partial charge in [0.15, 0.2) is 17.1 Å². The van der Waals surface area contributed by atoms with Crippen LogP contribution >= 0.6 is 0 Å². The van der Waals surface area contributed by atoms with Crippen LogP contribution in [0.3, 0.4) is 0 Å². The first kappa shape index (κ1) is 32.4. The summed E-state index contributed by atoms with van der Waals surface area (Å²) in [6, 6.07) is 7.97. The standard InChI is InChI=1S/C33H31F4N5O7/c1-3-47-28-18(14-25(38)43)13-24(40-27(28)17-4-5-21-22(11-17)49-33(36,37)48-21)32(45,30(34)6-7-30)16-39-29(44)19-10-20-15-42(31(35)8-9-31)41-26(20)23(12-19)46-2/h4-5,10-13,15,45H,3,6-9,14,16H2,1-2H3,(H2,38,43)(H,39,44)/t32-/m0/s1. The number of aliphatic hydroxyl groups is 1. The third-order valence-corrected chi connectivity index (χ3v) is 8.87. The van der Waals surface area contributed by atoms with E-state index in [0.717, 1.165) is 0 Å². The second kappa shape index (κ2) is 11.2. The monoisotopic (exact) mass is 685 g/mol. The van der Waals surface area contributed by atoms with Gasteiger partial charge in [-0.15, -0.1) is 8.78 Å². The molecule has 2 aliphatic carbocycles. The summed E-state index contributed by atoms with van der Waals surface area (Å²) >= 11 is 0. The molecule has 2 aromatic carbocycles. The lowest BCUT2D eigenvalue weighted by molar-refractivity contribution is -0.286. The zero-order valence-corrected chi connectivity index (χ0v) is 26.3. The van der Waals surface area contributed by atoms with E-state index >= 15 is 4.39 Å². The number of alkyl halides is 4. The fourth-order valence-corrected chi connectivity index (χ4v) is 5.95. The van der Waals surface area contributed by atoms with Gasteiger partial charge < -0.3 is 35.1 Å². The van der Waals surface area contributed by atoms with Crippen molar-refractivity contribution in [3.8, 4) is 34.3 Å². The minimum Gasteiger partial charge on any atom is -0.494 e. The van der Waals surface area contributed by atoms with Crippen LogP contribution in [0.5, 0.6) is 23.0 Å². The van der Waals surface area contributed by atoms with Gasteiger partial charge in [0, 0.05) is 41.1 Å². The van der Waals surface area contributed by atoms with E-state index < -0.39 is 48.1 Å². The van der Waals surface area contributed by atoms with Crippen LogP contribution in [-0.2, 0) is 22.6 Å². The maximum absolute atomic E-state index is 16.2.